The molecule has 0 radical (unpaired) electrons. The summed E-state index contributed by atoms with van der Waals surface area (Å²) in [7, 11) is -3.61. The number of anilines is 1. The van der Waals surface area contributed by atoms with Crippen LogP contribution in [0.3, 0.4) is 0 Å². The first-order valence-corrected chi connectivity index (χ1v) is 7.66. The van der Waals surface area contributed by atoms with Crippen molar-refractivity contribution in [1.29, 1.82) is 0 Å². The van der Waals surface area contributed by atoms with Crippen molar-refractivity contribution in [3.63, 3.8) is 0 Å². The molecule has 19 heavy (non-hydrogen) atoms. The average molecular weight is 285 g/mol. The van der Waals surface area contributed by atoms with Gasteiger partial charge in [-0.05, 0) is 23.1 Å². The Morgan fingerprint density at radius 1 is 1.21 bits per heavy atom. The molecule has 0 bridgehead atoms. The Balaban J connectivity index is 3.15. The number of carboxylic acid groups (broad SMARTS) is 1. The van der Waals surface area contributed by atoms with Gasteiger partial charge in [0.1, 0.15) is 6.54 Å². The molecule has 6 heteroatoms. The van der Waals surface area contributed by atoms with Crippen molar-refractivity contribution in [1.82, 2.24) is 0 Å². The Labute approximate surface area is 113 Å². The summed E-state index contributed by atoms with van der Waals surface area (Å²) in [6, 6.07) is 6.89. The van der Waals surface area contributed by atoms with Crippen LogP contribution in [0, 0.1) is 0 Å². The van der Waals surface area contributed by atoms with Crippen LogP contribution in [0.15, 0.2) is 24.3 Å². The highest BCUT2D eigenvalue weighted by Gasteiger charge is 2.21. The Hall–Kier alpha value is -1.56. The van der Waals surface area contributed by atoms with Crippen LogP contribution in [-0.4, -0.2) is 32.3 Å². The van der Waals surface area contributed by atoms with Crippen molar-refractivity contribution in [2.75, 3.05) is 17.1 Å². The molecule has 1 rings (SSSR count). The first-order valence-electron chi connectivity index (χ1n) is 5.82. The molecule has 1 aromatic carbocycles. The van der Waals surface area contributed by atoms with Crippen molar-refractivity contribution in [2.24, 2.45) is 0 Å². The molecule has 106 valence electrons. The van der Waals surface area contributed by atoms with Gasteiger partial charge in [-0.3, -0.25) is 9.10 Å². The van der Waals surface area contributed by atoms with Crippen molar-refractivity contribution in [2.45, 2.75) is 26.2 Å². The van der Waals surface area contributed by atoms with Gasteiger partial charge < -0.3 is 5.11 Å². The van der Waals surface area contributed by atoms with Crippen LogP contribution in [0.1, 0.15) is 26.3 Å². The van der Waals surface area contributed by atoms with Crippen molar-refractivity contribution in [3.8, 4) is 0 Å². The van der Waals surface area contributed by atoms with Gasteiger partial charge in [-0.1, -0.05) is 32.9 Å². The first kappa shape index (κ1) is 15.5. The van der Waals surface area contributed by atoms with E-state index in [9.17, 15) is 13.2 Å². The highest BCUT2D eigenvalue weighted by Crippen LogP contribution is 2.25. The molecular formula is C13H19NO4S. The van der Waals surface area contributed by atoms with Gasteiger partial charge in [0.2, 0.25) is 10.0 Å². The van der Waals surface area contributed by atoms with Gasteiger partial charge in [0.25, 0.3) is 0 Å². The molecule has 0 aromatic heterocycles. The predicted octanol–water partition coefficient (Wildman–Crippen LogP) is 1.83. The molecule has 0 spiro atoms. The summed E-state index contributed by atoms with van der Waals surface area (Å²) in [5.41, 5.74) is 1.37. The zero-order chi connectivity index (χ0) is 14.8. The number of rotatable bonds is 4. The lowest BCUT2D eigenvalue weighted by atomic mass is 9.87. The monoisotopic (exact) mass is 285 g/mol. The molecule has 5 nitrogen and oxygen atoms in total. The van der Waals surface area contributed by atoms with Gasteiger partial charge in [0, 0.05) is 0 Å². The molecule has 0 aliphatic rings. The number of carbonyl (C=O) groups is 1. The van der Waals surface area contributed by atoms with E-state index in [4.69, 9.17) is 5.11 Å². The fraction of sp³-hybridized carbons (Fsp3) is 0.462. The largest absolute Gasteiger partial charge is 0.480 e. The minimum Gasteiger partial charge on any atom is -0.480 e. The summed E-state index contributed by atoms with van der Waals surface area (Å²) in [6.07, 6.45) is 0.994. The van der Waals surface area contributed by atoms with Crippen molar-refractivity contribution < 1.29 is 18.3 Å². The van der Waals surface area contributed by atoms with Crippen LogP contribution in [-0.2, 0) is 20.2 Å². The molecule has 0 amide bonds. The second kappa shape index (κ2) is 5.21. The maximum Gasteiger partial charge on any atom is 0.324 e. The smallest absolute Gasteiger partial charge is 0.324 e. The molecule has 0 atom stereocenters. The Bertz CT molecular complexity index is 555. The Kier molecular flexibility index (Phi) is 4.25. The van der Waals surface area contributed by atoms with Gasteiger partial charge >= 0.3 is 5.97 Å². The van der Waals surface area contributed by atoms with Gasteiger partial charge in [-0.25, -0.2) is 8.42 Å². The molecule has 0 saturated heterocycles. The topological polar surface area (TPSA) is 74.7 Å². The van der Waals surface area contributed by atoms with Crippen molar-refractivity contribution in [3.05, 3.63) is 29.8 Å². The number of hydrogen-bond acceptors (Lipinski definition) is 3. The average Bonchev–Trinajstić information content (AvgIpc) is 2.23. The third-order valence-electron chi connectivity index (χ3n) is 2.70. The lowest BCUT2D eigenvalue weighted by Crippen LogP contribution is -2.34. The van der Waals surface area contributed by atoms with E-state index < -0.39 is 22.5 Å². The van der Waals surface area contributed by atoms with Gasteiger partial charge in [-0.2, -0.15) is 0 Å². The van der Waals surface area contributed by atoms with Crippen molar-refractivity contribution >= 4 is 21.7 Å². The summed E-state index contributed by atoms with van der Waals surface area (Å²) in [5, 5.41) is 8.79. The van der Waals surface area contributed by atoms with E-state index in [1.165, 1.54) is 0 Å². The van der Waals surface area contributed by atoms with Gasteiger partial charge in [0.15, 0.2) is 0 Å². The normalized spacial score (nSPS) is 12.2. The second-order valence-corrected chi connectivity index (χ2v) is 7.37. The summed E-state index contributed by atoms with van der Waals surface area (Å²) in [6.45, 7) is 5.57. The van der Waals surface area contributed by atoms with E-state index in [0.29, 0.717) is 5.69 Å². The van der Waals surface area contributed by atoms with E-state index in [1.54, 1.807) is 12.1 Å². The number of benzene rings is 1. The zero-order valence-electron chi connectivity index (χ0n) is 11.5. The molecule has 0 aliphatic heterocycles. The molecular weight excluding hydrogens is 266 g/mol. The summed E-state index contributed by atoms with van der Waals surface area (Å²) >= 11 is 0. The SMILES string of the molecule is CC(C)(C)c1ccc(N(CC(=O)O)S(C)(=O)=O)cc1. The van der Waals surface area contributed by atoms with Gasteiger partial charge in [-0.15, -0.1) is 0 Å². The molecule has 1 N–H and O–H groups in total. The quantitative estimate of drug-likeness (QED) is 0.916. The minimum absolute atomic E-state index is 0.0404. The van der Waals surface area contributed by atoms with Gasteiger partial charge in [0.05, 0.1) is 11.9 Å². The second-order valence-electron chi connectivity index (χ2n) is 5.46. The van der Waals surface area contributed by atoms with E-state index in [0.717, 1.165) is 16.1 Å². The molecule has 0 fully saturated rings. The highest BCUT2D eigenvalue weighted by atomic mass is 32.2. The molecule has 0 heterocycles. The number of carboxylic acids is 1. The lowest BCUT2D eigenvalue weighted by Gasteiger charge is -2.23. The molecule has 0 unspecified atom stereocenters. The van der Waals surface area contributed by atoms with Crippen LogP contribution in [0.5, 0.6) is 0 Å². The fourth-order valence-corrected chi connectivity index (χ4v) is 2.50. The summed E-state index contributed by atoms with van der Waals surface area (Å²) in [5.74, 6) is -1.19. The minimum atomic E-state index is -3.61. The fourth-order valence-electron chi connectivity index (χ4n) is 1.65. The summed E-state index contributed by atoms with van der Waals surface area (Å²) in [4.78, 5) is 10.7. The zero-order valence-corrected chi connectivity index (χ0v) is 12.4. The van der Waals surface area contributed by atoms with E-state index >= 15 is 0 Å². The third kappa shape index (κ3) is 4.24. The van der Waals surface area contributed by atoms with Crippen LogP contribution < -0.4 is 4.31 Å². The maximum absolute atomic E-state index is 11.6. The van der Waals surface area contributed by atoms with Crippen LogP contribution >= 0.6 is 0 Å². The highest BCUT2D eigenvalue weighted by molar-refractivity contribution is 7.92. The Morgan fingerprint density at radius 3 is 2.00 bits per heavy atom. The number of aliphatic carboxylic acids is 1. The number of hydrogen-bond donors (Lipinski definition) is 1. The van der Waals surface area contributed by atoms with Crippen LogP contribution in [0.2, 0.25) is 0 Å². The van der Waals surface area contributed by atoms with Crippen LogP contribution in [0.4, 0.5) is 5.69 Å². The van der Waals surface area contributed by atoms with Crippen LogP contribution in [0.25, 0.3) is 0 Å². The molecule has 1 aromatic rings. The Morgan fingerprint density at radius 2 is 1.68 bits per heavy atom. The molecule has 0 aliphatic carbocycles. The lowest BCUT2D eigenvalue weighted by molar-refractivity contribution is -0.135. The number of sulfonamides is 1. The van der Waals surface area contributed by atoms with E-state index in [1.807, 2.05) is 32.9 Å². The van der Waals surface area contributed by atoms with E-state index in [2.05, 4.69) is 0 Å². The summed E-state index contributed by atoms with van der Waals surface area (Å²) < 4.78 is 24.1. The standard InChI is InChI=1S/C13H19NO4S/c1-13(2,3)10-5-7-11(8-6-10)14(9-12(15)16)19(4,17)18/h5-8H,9H2,1-4H3,(H,15,16). The third-order valence-corrected chi connectivity index (χ3v) is 3.84. The number of nitrogens with zero attached hydrogens (tertiary/aromatic N) is 1. The maximum atomic E-state index is 11.6. The van der Waals surface area contributed by atoms with E-state index in [-0.39, 0.29) is 5.41 Å². The molecule has 0 saturated carbocycles. The first-order chi connectivity index (χ1) is 8.51. The predicted molar refractivity (Wildman–Crippen MR) is 75.0 cm³/mol.